The number of halogens is 2. The molecule has 6 heteroatoms. The van der Waals surface area contributed by atoms with Gasteiger partial charge in [-0.25, -0.2) is 14.4 Å². The highest BCUT2D eigenvalue weighted by Gasteiger charge is 2.16. The van der Waals surface area contributed by atoms with E-state index >= 15 is 0 Å². The summed E-state index contributed by atoms with van der Waals surface area (Å²) in [5.74, 6) is 0.440. The van der Waals surface area contributed by atoms with Crippen molar-refractivity contribution in [1.82, 2.24) is 14.5 Å². The number of rotatable bonds is 3. The molecular formula is C13H11ClFN3S. The summed E-state index contributed by atoms with van der Waals surface area (Å²) < 4.78 is 15.3. The van der Waals surface area contributed by atoms with Crippen LogP contribution in [0.2, 0.25) is 0 Å². The molecule has 0 fully saturated rings. The molecule has 0 aliphatic carbocycles. The van der Waals surface area contributed by atoms with Gasteiger partial charge in [0.2, 0.25) is 0 Å². The van der Waals surface area contributed by atoms with Crippen molar-refractivity contribution in [2.45, 2.75) is 18.8 Å². The van der Waals surface area contributed by atoms with Crippen LogP contribution in [0, 0.1) is 5.82 Å². The summed E-state index contributed by atoms with van der Waals surface area (Å²) in [5.41, 5.74) is 4.24. The standard InChI is InChI=1S/C13H11ClFN3S/c1-8(14)13-17-11-4-9(15)2-3-12(11)18(13)5-10-6-19-7-16-10/h2-4,6-8H,5H2,1H3. The van der Waals surface area contributed by atoms with Crippen molar-refractivity contribution in [3.8, 4) is 0 Å². The van der Waals surface area contributed by atoms with Crippen LogP contribution in [-0.4, -0.2) is 14.5 Å². The lowest BCUT2D eigenvalue weighted by molar-refractivity contribution is 0.629. The number of nitrogens with zero attached hydrogens (tertiary/aromatic N) is 3. The van der Waals surface area contributed by atoms with Crippen LogP contribution in [0.4, 0.5) is 4.39 Å². The van der Waals surface area contributed by atoms with Crippen molar-refractivity contribution in [3.05, 3.63) is 46.4 Å². The molecule has 0 N–H and O–H groups in total. The van der Waals surface area contributed by atoms with Crippen LogP contribution in [0.1, 0.15) is 23.8 Å². The van der Waals surface area contributed by atoms with Gasteiger partial charge in [0.25, 0.3) is 0 Å². The number of fused-ring (bicyclic) bond motifs is 1. The van der Waals surface area contributed by atoms with Crippen LogP contribution in [0.3, 0.4) is 0 Å². The maximum Gasteiger partial charge on any atom is 0.128 e. The van der Waals surface area contributed by atoms with E-state index in [1.165, 1.54) is 12.1 Å². The SMILES string of the molecule is CC(Cl)c1nc2cc(F)ccc2n1Cc1cscn1. The van der Waals surface area contributed by atoms with E-state index in [1.54, 1.807) is 22.9 Å². The summed E-state index contributed by atoms with van der Waals surface area (Å²) >= 11 is 7.71. The first-order chi connectivity index (χ1) is 9.15. The Morgan fingerprint density at radius 2 is 2.32 bits per heavy atom. The Labute approximate surface area is 118 Å². The second-order valence-electron chi connectivity index (χ2n) is 4.28. The van der Waals surface area contributed by atoms with Gasteiger partial charge >= 0.3 is 0 Å². The molecule has 0 aliphatic rings. The molecule has 98 valence electrons. The fourth-order valence-electron chi connectivity index (χ4n) is 2.07. The summed E-state index contributed by atoms with van der Waals surface area (Å²) in [7, 11) is 0. The first kappa shape index (κ1) is 12.6. The number of hydrogen-bond acceptors (Lipinski definition) is 3. The van der Waals surface area contributed by atoms with Crippen molar-refractivity contribution in [2.75, 3.05) is 0 Å². The molecule has 1 atom stereocenters. The zero-order valence-electron chi connectivity index (χ0n) is 10.2. The van der Waals surface area contributed by atoms with E-state index in [0.717, 1.165) is 17.0 Å². The molecule has 3 aromatic rings. The Kier molecular flexibility index (Phi) is 3.24. The Bertz CT molecular complexity index is 706. The van der Waals surface area contributed by atoms with Crippen LogP contribution in [0.25, 0.3) is 11.0 Å². The second kappa shape index (κ2) is 4.90. The van der Waals surface area contributed by atoms with E-state index in [9.17, 15) is 4.39 Å². The summed E-state index contributed by atoms with van der Waals surface area (Å²) in [6, 6.07) is 4.59. The van der Waals surface area contributed by atoms with Gasteiger partial charge in [0.05, 0.1) is 34.2 Å². The molecule has 0 amide bonds. The van der Waals surface area contributed by atoms with Gasteiger partial charge in [-0.2, -0.15) is 0 Å². The lowest BCUT2D eigenvalue weighted by Gasteiger charge is -2.08. The fraction of sp³-hybridized carbons (Fsp3) is 0.231. The first-order valence-corrected chi connectivity index (χ1v) is 7.20. The third-order valence-corrected chi connectivity index (χ3v) is 3.73. The second-order valence-corrected chi connectivity index (χ2v) is 5.66. The fourth-order valence-corrected chi connectivity index (χ4v) is 2.79. The molecule has 1 aromatic carbocycles. The third-order valence-electron chi connectivity index (χ3n) is 2.90. The van der Waals surface area contributed by atoms with Gasteiger partial charge in [-0.3, -0.25) is 0 Å². The molecular weight excluding hydrogens is 285 g/mol. The highest BCUT2D eigenvalue weighted by Crippen LogP contribution is 2.26. The van der Waals surface area contributed by atoms with Gasteiger partial charge in [-0.05, 0) is 19.1 Å². The predicted molar refractivity (Wildman–Crippen MR) is 75.2 cm³/mol. The molecule has 0 saturated carbocycles. The van der Waals surface area contributed by atoms with E-state index < -0.39 is 0 Å². The van der Waals surface area contributed by atoms with Crippen molar-refractivity contribution in [3.63, 3.8) is 0 Å². The maximum atomic E-state index is 13.3. The number of aromatic nitrogens is 3. The van der Waals surface area contributed by atoms with Crippen molar-refractivity contribution >= 4 is 34.0 Å². The van der Waals surface area contributed by atoms with Gasteiger partial charge in [-0.15, -0.1) is 22.9 Å². The van der Waals surface area contributed by atoms with E-state index in [4.69, 9.17) is 11.6 Å². The van der Waals surface area contributed by atoms with Crippen molar-refractivity contribution in [1.29, 1.82) is 0 Å². The minimum absolute atomic E-state index is 0.242. The smallest absolute Gasteiger partial charge is 0.128 e. The Morgan fingerprint density at radius 3 is 3.00 bits per heavy atom. The number of benzene rings is 1. The predicted octanol–water partition coefficient (Wildman–Crippen LogP) is 3.98. The molecule has 0 radical (unpaired) electrons. The quantitative estimate of drug-likeness (QED) is 0.684. The molecule has 2 heterocycles. The largest absolute Gasteiger partial charge is 0.321 e. The van der Waals surface area contributed by atoms with Crippen LogP contribution < -0.4 is 0 Å². The van der Waals surface area contributed by atoms with Gasteiger partial charge in [0.15, 0.2) is 0 Å². The van der Waals surface area contributed by atoms with Gasteiger partial charge < -0.3 is 4.57 Å². The highest BCUT2D eigenvalue weighted by atomic mass is 35.5. The molecule has 3 rings (SSSR count). The van der Waals surface area contributed by atoms with E-state index in [1.807, 2.05) is 16.9 Å². The molecule has 19 heavy (non-hydrogen) atoms. The zero-order valence-corrected chi connectivity index (χ0v) is 11.7. The van der Waals surface area contributed by atoms with E-state index in [-0.39, 0.29) is 11.2 Å². The van der Waals surface area contributed by atoms with Gasteiger partial charge in [0.1, 0.15) is 11.6 Å². The summed E-state index contributed by atoms with van der Waals surface area (Å²) in [5, 5.41) is 1.74. The van der Waals surface area contributed by atoms with Crippen LogP contribution >= 0.6 is 22.9 Å². The molecule has 1 unspecified atom stereocenters. The average molecular weight is 296 g/mol. The monoisotopic (exact) mass is 295 g/mol. The Hall–Kier alpha value is -1.46. The van der Waals surface area contributed by atoms with Crippen molar-refractivity contribution < 1.29 is 4.39 Å². The van der Waals surface area contributed by atoms with Crippen LogP contribution in [-0.2, 0) is 6.54 Å². The molecule has 0 bridgehead atoms. The molecule has 3 nitrogen and oxygen atoms in total. The lowest BCUT2D eigenvalue weighted by Crippen LogP contribution is -2.05. The minimum Gasteiger partial charge on any atom is -0.321 e. The summed E-state index contributed by atoms with van der Waals surface area (Å²) in [6.45, 7) is 2.45. The van der Waals surface area contributed by atoms with Crippen LogP contribution in [0.15, 0.2) is 29.1 Å². The van der Waals surface area contributed by atoms with E-state index in [2.05, 4.69) is 9.97 Å². The zero-order chi connectivity index (χ0) is 13.4. The topological polar surface area (TPSA) is 30.7 Å². The maximum absolute atomic E-state index is 13.3. The third kappa shape index (κ3) is 2.35. The Morgan fingerprint density at radius 1 is 1.47 bits per heavy atom. The lowest BCUT2D eigenvalue weighted by atomic mass is 10.3. The first-order valence-electron chi connectivity index (χ1n) is 5.82. The Balaban J connectivity index is 2.16. The van der Waals surface area contributed by atoms with Crippen LogP contribution in [0.5, 0.6) is 0 Å². The summed E-state index contributed by atoms with van der Waals surface area (Å²) in [6.07, 6.45) is 0. The number of thiazole rings is 1. The average Bonchev–Trinajstić information content (AvgIpc) is 2.97. The van der Waals surface area contributed by atoms with Gasteiger partial charge in [0, 0.05) is 11.4 Å². The highest BCUT2D eigenvalue weighted by molar-refractivity contribution is 7.07. The summed E-state index contributed by atoms with van der Waals surface area (Å²) in [4.78, 5) is 8.69. The van der Waals surface area contributed by atoms with Crippen molar-refractivity contribution in [2.24, 2.45) is 0 Å². The number of imidazole rings is 1. The van der Waals surface area contributed by atoms with Gasteiger partial charge in [-0.1, -0.05) is 0 Å². The normalized spacial score (nSPS) is 13.0. The van der Waals surface area contributed by atoms with E-state index in [0.29, 0.717) is 12.1 Å². The molecule has 0 saturated heterocycles. The number of hydrogen-bond donors (Lipinski definition) is 0. The number of alkyl halides is 1. The molecule has 0 aliphatic heterocycles. The molecule has 0 spiro atoms. The minimum atomic E-state index is -0.292. The molecule has 2 aromatic heterocycles.